The summed E-state index contributed by atoms with van der Waals surface area (Å²) in [6.45, 7) is 14.6. The lowest BCUT2D eigenvalue weighted by atomic mass is 9.83. The van der Waals surface area contributed by atoms with Crippen LogP contribution >= 0.6 is 0 Å². The van der Waals surface area contributed by atoms with Crippen LogP contribution in [0.15, 0.2) is 170 Å². The molecule has 4 heteroatoms. The number of imidazole rings is 1. The maximum Gasteiger partial charge on any atom is 0.149 e. The van der Waals surface area contributed by atoms with Crippen LogP contribution in [-0.2, 0) is 5.41 Å². The predicted molar refractivity (Wildman–Crippen MR) is 255 cm³/mol. The van der Waals surface area contributed by atoms with E-state index in [-0.39, 0.29) is 11.2 Å². The number of aromatic hydroxyl groups is 1. The molecule has 0 radical (unpaired) electrons. The van der Waals surface area contributed by atoms with Gasteiger partial charge in [-0.1, -0.05) is 150 Å². The van der Waals surface area contributed by atoms with E-state index in [4.69, 9.17) is 11.3 Å². The fraction of sp³-hybridized carbons (Fsp3) is 0.158. The van der Waals surface area contributed by atoms with Gasteiger partial charge in [0.2, 0.25) is 0 Å². The summed E-state index contributed by atoms with van der Waals surface area (Å²) in [7, 11) is 0. The fourth-order valence-electron chi connectivity index (χ4n) is 8.40. The summed E-state index contributed by atoms with van der Waals surface area (Å²) in [5.41, 5.74) is 17.6. The number of para-hydroxylation sites is 1. The van der Waals surface area contributed by atoms with Crippen LogP contribution in [0.1, 0.15) is 64.1 Å². The Morgan fingerprint density at radius 1 is 0.574 bits per heavy atom. The van der Waals surface area contributed by atoms with Gasteiger partial charge in [0, 0.05) is 24.3 Å². The molecule has 0 fully saturated rings. The molecular formula is C57H51N3O. The molecule has 0 bridgehead atoms. The van der Waals surface area contributed by atoms with E-state index >= 15 is 0 Å². The summed E-state index contributed by atoms with van der Waals surface area (Å²) in [5, 5.41) is 11.8. The zero-order valence-corrected chi connectivity index (χ0v) is 36.0. The topological polar surface area (TPSA) is 50.9 Å². The lowest BCUT2D eigenvalue weighted by molar-refractivity contribution is 0.472. The number of aromatic nitrogens is 3. The summed E-state index contributed by atoms with van der Waals surface area (Å²) in [6, 6.07) is 57.3. The first-order chi connectivity index (χ1) is 29.7. The normalized spacial score (nSPS) is 12.1. The Hall–Kier alpha value is -7.04. The number of fused-ring (bicyclic) bond motifs is 1. The molecule has 0 aliphatic carbocycles. The molecule has 4 nitrogen and oxygen atoms in total. The first kappa shape index (κ1) is 38.2. The van der Waals surface area contributed by atoms with E-state index in [2.05, 4.69) is 154 Å². The summed E-state index contributed by atoms with van der Waals surface area (Å²) in [6.07, 6.45) is 1.90. The SMILES string of the molecule is [2H]C(C)(C)c1ccc(-n2c(-c3cc(C)cc(C)c3O)nc3c(-c4cc(-c5cc(-c6ccc(-c7ccccc7)cc6)ccn5)cc(C(C)(C)C)c4)cccc32)c(-c2ccccc2)c1. The molecule has 0 atom stereocenters. The van der Waals surface area contributed by atoms with Gasteiger partial charge < -0.3 is 5.11 Å². The highest BCUT2D eigenvalue weighted by molar-refractivity contribution is 5.98. The van der Waals surface area contributed by atoms with Crippen molar-refractivity contribution < 1.29 is 6.48 Å². The molecule has 7 aromatic carbocycles. The molecule has 9 rings (SSSR count). The lowest BCUT2D eigenvalue weighted by Crippen LogP contribution is -2.11. The van der Waals surface area contributed by atoms with Gasteiger partial charge in [-0.25, -0.2) is 4.98 Å². The van der Waals surface area contributed by atoms with Gasteiger partial charge in [-0.05, 0) is 129 Å². The molecule has 9 aromatic rings. The van der Waals surface area contributed by atoms with Crippen molar-refractivity contribution in [1.29, 1.82) is 0 Å². The van der Waals surface area contributed by atoms with Gasteiger partial charge in [-0.3, -0.25) is 9.55 Å². The quantitative estimate of drug-likeness (QED) is 0.167. The first-order valence-electron chi connectivity index (χ1n) is 21.5. The van der Waals surface area contributed by atoms with Crippen LogP contribution < -0.4 is 0 Å². The largest absolute Gasteiger partial charge is 0.507 e. The summed E-state index contributed by atoms with van der Waals surface area (Å²) in [5.74, 6) is 0.0428. The van der Waals surface area contributed by atoms with Crippen LogP contribution in [0.4, 0.5) is 0 Å². The van der Waals surface area contributed by atoms with Crippen molar-refractivity contribution in [1.82, 2.24) is 14.5 Å². The third kappa shape index (κ3) is 7.66. The third-order valence-corrected chi connectivity index (χ3v) is 11.8. The molecule has 61 heavy (non-hydrogen) atoms. The Morgan fingerprint density at radius 3 is 1.92 bits per heavy atom. The molecule has 0 unspecified atom stereocenters. The van der Waals surface area contributed by atoms with E-state index in [0.29, 0.717) is 11.4 Å². The molecule has 300 valence electrons. The molecule has 0 spiro atoms. The number of benzene rings is 7. The molecular weight excluding hydrogens is 743 g/mol. The van der Waals surface area contributed by atoms with Gasteiger partial charge in [-0.15, -0.1) is 0 Å². The Kier molecular flexibility index (Phi) is 9.92. The van der Waals surface area contributed by atoms with Crippen molar-refractivity contribution in [2.45, 2.75) is 59.8 Å². The number of pyridine rings is 1. The van der Waals surface area contributed by atoms with E-state index in [0.717, 1.165) is 78.0 Å². The summed E-state index contributed by atoms with van der Waals surface area (Å²) >= 11 is 0. The van der Waals surface area contributed by atoms with Crippen molar-refractivity contribution in [3.05, 3.63) is 192 Å². The Balaban J connectivity index is 1.25. The zero-order chi connectivity index (χ0) is 43.3. The molecule has 0 saturated carbocycles. The smallest absolute Gasteiger partial charge is 0.149 e. The van der Waals surface area contributed by atoms with E-state index in [1.807, 2.05) is 69.4 Å². The lowest BCUT2D eigenvalue weighted by Gasteiger charge is -2.22. The molecule has 0 aliphatic rings. The number of hydrogen-bond donors (Lipinski definition) is 1. The number of rotatable bonds is 8. The second-order valence-electron chi connectivity index (χ2n) is 17.4. The van der Waals surface area contributed by atoms with Crippen LogP contribution in [0.2, 0.25) is 0 Å². The van der Waals surface area contributed by atoms with Gasteiger partial charge in [0.05, 0.1) is 28.0 Å². The van der Waals surface area contributed by atoms with Crippen LogP contribution in [0.3, 0.4) is 0 Å². The molecule has 0 aliphatic heterocycles. The van der Waals surface area contributed by atoms with Gasteiger partial charge >= 0.3 is 0 Å². The van der Waals surface area contributed by atoms with E-state index < -0.39 is 5.89 Å². The average Bonchev–Trinajstić information content (AvgIpc) is 3.67. The van der Waals surface area contributed by atoms with Crippen molar-refractivity contribution >= 4 is 11.0 Å². The zero-order valence-electron chi connectivity index (χ0n) is 37.0. The minimum Gasteiger partial charge on any atom is -0.507 e. The van der Waals surface area contributed by atoms with E-state index in [9.17, 15) is 5.11 Å². The second kappa shape index (κ2) is 15.9. The molecule has 0 saturated heterocycles. The molecule has 1 N–H and O–H groups in total. The Bertz CT molecular complexity index is 3100. The van der Waals surface area contributed by atoms with Crippen molar-refractivity contribution in [3.8, 4) is 78.6 Å². The Labute approximate surface area is 361 Å². The number of nitrogens with zero attached hydrogens (tertiary/aromatic N) is 3. The minimum atomic E-state index is -0.807. The van der Waals surface area contributed by atoms with Gasteiger partial charge in [0.25, 0.3) is 0 Å². The van der Waals surface area contributed by atoms with Crippen LogP contribution in [0, 0.1) is 13.8 Å². The number of aryl methyl sites for hydroxylation is 2. The molecule has 0 amide bonds. The number of phenolic OH excluding ortho intramolecular Hbond substituents is 1. The van der Waals surface area contributed by atoms with Gasteiger partial charge in [0.1, 0.15) is 11.6 Å². The highest BCUT2D eigenvalue weighted by Gasteiger charge is 2.24. The predicted octanol–water partition coefficient (Wildman–Crippen LogP) is 15.2. The Morgan fingerprint density at radius 2 is 1.23 bits per heavy atom. The fourth-order valence-corrected chi connectivity index (χ4v) is 8.40. The maximum absolute atomic E-state index is 11.8. The van der Waals surface area contributed by atoms with Crippen LogP contribution in [0.25, 0.3) is 83.9 Å². The van der Waals surface area contributed by atoms with E-state index in [1.165, 1.54) is 16.7 Å². The summed E-state index contributed by atoms with van der Waals surface area (Å²) in [4.78, 5) is 10.5. The van der Waals surface area contributed by atoms with Gasteiger partial charge in [-0.2, -0.15) is 0 Å². The minimum absolute atomic E-state index is 0.156. The highest BCUT2D eigenvalue weighted by atomic mass is 16.3. The third-order valence-electron chi connectivity index (χ3n) is 11.8. The maximum atomic E-state index is 11.8. The average molecular weight is 795 g/mol. The van der Waals surface area contributed by atoms with Crippen molar-refractivity contribution in [3.63, 3.8) is 0 Å². The second-order valence-corrected chi connectivity index (χ2v) is 17.4. The van der Waals surface area contributed by atoms with Gasteiger partial charge in [0.15, 0.2) is 0 Å². The highest BCUT2D eigenvalue weighted by Crippen LogP contribution is 2.43. The number of hydrogen-bond acceptors (Lipinski definition) is 3. The summed E-state index contributed by atoms with van der Waals surface area (Å²) < 4.78 is 11.2. The first-order valence-corrected chi connectivity index (χ1v) is 21.0. The number of phenols is 1. The molecule has 2 heterocycles. The van der Waals surface area contributed by atoms with Crippen LogP contribution in [0.5, 0.6) is 5.75 Å². The molecule has 2 aromatic heterocycles. The van der Waals surface area contributed by atoms with E-state index in [1.54, 1.807) is 0 Å². The standard InChI is InChI=1S/C57H51N3O/c1-36(2)43-25-26-52(49(34-43)42-17-12-9-13-18-42)60-53-20-14-19-48(54(53)59-56(60)50-30-37(3)29-38(4)55(50)61)45-31-46(33-47(32-45)57(5,6)7)51-35-44(27-28-58-51)41-23-21-40(22-24-41)39-15-10-8-11-16-39/h8-36,61H,1-7H3/i36D. The monoisotopic (exact) mass is 794 g/mol. The van der Waals surface area contributed by atoms with Crippen molar-refractivity contribution in [2.75, 3.05) is 0 Å². The van der Waals surface area contributed by atoms with Crippen LogP contribution in [-0.4, -0.2) is 19.6 Å². The van der Waals surface area contributed by atoms with Crippen molar-refractivity contribution in [2.24, 2.45) is 0 Å².